The smallest absolute Gasteiger partial charge is 0.298 e. The van der Waals surface area contributed by atoms with E-state index in [1.165, 1.54) is 23.1 Å². The van der Waals surface area contributed by atoms with Crippen LogP contribution in [0.4, 0.5) is 22.7 Å². The molecular weight excluding hydrogens is 494 g/mol. The van der Waals surface area contributed by atoms with E-state index >= 15 is 0 Å². The van der Waals surface area contributed by atoms with Gasteiger partial charge in [0.15, 0.2) is 0 Å². The fourth-order valence-corrected chi connectivity index (χ4v) is 5.72. The zero-order valence-corrected chi connectivity index (χ0v) is 19.7. The second-order valence-electron chi connectivity index (χ2n) is 7.59. The molecule has 12 heteroatoms. The fraction of sp³-hybridized carbons (Fsp3) is 0.0435. The molecule has 0 atom stereocenters. The molecule has 0 spiro atoms. The van der Waals surface area contributed by atoms with E-state index < -0.39 is 30.0 Å². The summed E-state index contributed by atoms with van der Waals surface area (Å²) in [6.07, 6.45) is 0. The third-order valence-corrected chi connectivity index (χ3v) is 7.30. The van der Waals surface area contributed by atoms with Gasteiger partial charge in [-0.3, -0.25) is 9.11 Å². The SMILES string of the molecule is Nc1ccccc1NCN(c1ccc2c(O)cccc2c1)c1cccc(S(=O)(=O)O)c1S(=O)(=O)O. The molecule has 6 N–H and O–H groups in total. The molecule has 0 heterocycles. The van der Waals surface area contributed by atoms with Crippen LogP contribution >= 0.6 is 0 Å². The second kappa shape index (κ2) is 9.07. The number of phenolic OH excluding ortho intramolecular Hbond substituents is 1. The lowest BCUT2D eigenvalue weighted by atomic mass is 10.1. The number of para-hydroxylation sites is 2. The van der Waals surface area contributed by atoms with Gasteiger partial charge in [0.1, 0.15) is 15.5 Å². The van der Waals surface area contributed by atoms with Gasteiger partial charge < -0.3 is 21.1 Å². The van der Waals surface area contributed by atoms with E-state index in [2.05, 4.69) is 5.32 Å². The van der Waals surface area contributed by atoms with Gasteiger partial charge in [-0.2, -0.15) is 16.8 Å². The zero-order chi connectivity index (χ0) is 25.4. The van der Waals surface area contributed by atoms with Gasteiger partial charge in [0.05, 0.1) is 23.7 Å². The first-order valence-corrected chi connectivity index (χ1v) is 13.0. The summed E-state index contributed by atoms with van der Waals surface area (Å²) in [5.41, 5.74) is 7.11. The van der Waals surface area contributed by atoms with Crippen molar-refractivity contribution < 1.29 is 31.0 Å². The van der Waals surface area contributed by atoms with Crippen molar-refractivity contribution in [1.82, 2.24) is 0 Å². The molecule has 0 aliphatic rings. The number of fused-ring (bicyclic) bond motifs is 1. The zero-order valence-electron chi connectivity index (χ0n) is 18.0. The van der Waals surface area contributed by atoms with Gasteiger partial charge in [-0.1, -0.05) is 30.3 Å². The molecule has 0 fully saturated rings. The van der Waals surface area contributed by atoms with Gasteiger partial charge in [0.2, 0.25) is 0 Å². The van der Waals surface area contributed by atoms with E-state index in [9.17, 15) is 31.0 Å². The van der Waals surface area contributed by atoms with E-state index in [4.69, 9.17) is 5.73 Å². The van der Waals surface area contributed by atoms with Crippen LogP contribution in [0.1, 0.15) is 0 Å². The first kappa shape index (κ1) is 24.3. The third kappa shape index (κ3) is 5.00. The van der Waals surface area contributed by atoms with Crippen molar-refractivity contribution in [3.63, 3.8) is 0 Å². The first-order valence-electron chi connectivity index (χ1n) is 10.1. The topological polar surface area (TPSA) is 170 Å². The Balaban J connectivity index is 1.94. The summed E-state index contributed by atoms with van der Waals surface area (Å²) < 4.78 is 68.1. The van der Waals surface area contributed by atoms with Crippen LogP contribution in [0.25, 0.3) is 10.8 Å². The Hall–Kier alpha value is -3.84. The van der Waals surface area contributed by atoms with Gasteiger partial charge in [-0.25, -0.2) is 0 Å². The number of nitrogens with one attached hydrogen (secondary N) is 1. The highest BCUT2D eigenvalue weighted by Crippen LogP contribution is 2.37. The third-order valence-electron chi connectivity index (χ3n) is 5.33. The lowest BCUT2D eigenvalue weighted by molar-refractivity contribution is 0.466. The van der Waals surface area contributed by atoms with Crippen LogP contribution in [-0.2, 0) is 20.2 Å². The number of benzene rings is 4. The predicted molar refractivity (Wildman–Crippen MR) is 133 cm³/mol. The Morgan fingerprint density at radius 2 is 1.54 bits per heavy atom. The summed E-state index contributed by atoms with van der Waals surface area (Å²) in [6.45, 7) is -0.115. The highest BCUT2D eigenvalue weighted by atomic mass is 32.2. The number of hydrogen-bond donors (Lipinski definition) is 5. The van der Waals surface area contributed by atoms with Crippen LogP contribution in [0.3, 0.4) is 0 Å². The average molecular weight is 516 g/mol. The van der Waals surface area contributed by atoms with Crippen molar-refractivity contribution in [2.75, 3.05) is 22.6 Å². The van der Waals surface area contributed by atoms with Crippen molar-refractivity contribution in [3.8, 4) is 5.75 Å². The molecule has 4 aromatic rings. The number of nitrogen functional groups attached to an aromatic ring is 1. The summed E-state index contributed by atoms with van der Waals surface area (Å²) in [6, 6.07) is 20.0. The molecule has 182 valence electrons. The molecule has 4 aromatic carbocycles. The number of phenols is 1. The van der Waals surface area contributed by atoms with Crippen LogP contribution in [0.5, 0.6) is 5.75 Å². The maximum atomic E-state index is 12.3. The number of anilines is 4. The molecule has 0 aromatic heterocycles. The molecule has 0 saturated carbocycles. The highest BCUT2D eigenvalue weighted by molar-refractivity contribution is 7.89. The molecule has 10 nitrogen and oxygen atoms in total. The summed E-state index contributed by atoms with van der Waals surface area (Å²) in [7, 11) is -10.1. The molecule has 0 aliphatic carbocycles. The Bertz CT molecular complexity index is 1640. The van der Waals surface area contributed by atoms with Crippen LogP contribution in [0.15, 0.2) is 88.7 Å². The summed E-state index contributed by atoms with van der Waals surface area (Å²) in [5, 5.41) is 14.4. The summed E-state index contributed by atoms with van der Waals surface area (Å²) >= 11 is 0. The molecule has 0 amide bonds. The van der Waals surface area contributed by atoms with E-state index in [0.29, 0.717) is 27.8 Å². The summed E-state index contributed by atoms with van der Waals surface area (Å²) in [5.74, 6) is 0.0442. The number of nitrogens with two attached hydrogens (primary N) is 1. The highest BCUT2D eigenvalue weighted by Gasteiger charge is 2.30. The van der Waals surface area contributed by atoms with Gasteiger partial charge in [0.25, 0.3) is 20.2 Å². The minimum atomic E-state index is -5.11. The number of rotatable bonds is 7. The molecule has 0 bridgehead atoms. The van der Waals surface area contributed by atoms with Crippen molar-refractivity contribution in [1.29, 1.82) is 0 Å². The molecule has 0 unspecified atom stereocenters. The Kier molecular flexibility index (Phi) is 6.30. The van der Waals surface area contributed by atoms with Crippen LogP contribution in [-0.4, -0.2) is 37.7 Å². The Labute approximate surface area is 201 Å². The molecule has 0 aliphatic heterocycles. The average Bonchev–Trinajstić information content (AvgIpc) is 2.79. The normalized spacial score (nSPS) is 11.9. The summed E-state index contributed by atoms with van der Waals surface area (Å²) in [4.78, 5) is -0.560. The Morgan fingerprint density at radius 1 is 0.829 bits per heavy atom. The maximum absolute atomic E-state index is 12.3. The van der Waals surface area contributed by atoms with E-state index in [1.54, 1.807) is 54.6 Å². The quantitative estimate of drug-likeness (QED) is 0.138. The number of hydrogen-bond acceptors (Lipinski definition) is 8. The molecule has 0 radical (unpaired) electrons. The second-order valence-corrected chi connectivity index (χ2v) is 10.3. The van der Waals surface area contributed by atoms with Gasteiger partial charge in [-0.15, -0.1) is 0 Å². The minimum absolute atomic E-state index is 0.0442. The van der Waals surface area contributed by atoms with Gasteiger partial charge >= 0.3 is 0 Å². The minimum Gasteiger partial charge on any atom is -0.507 e. The lowest BCUT2D eigenvalue weighted by Crippen LogP contribution is -2.27. The largest absolute Gasteiger partial charge is 0.507 e. The van der Waals surface area contributed by atoms with Crippen molar-refractivity contribution in [2.45, 2.75) is 9.79 Å². The fourth-order valence-electron chi connectivity index (χ4n) is 3.74. The van der Waals surface area contributed by atoms with Crippen LogP contribution in [0.2, 0.25) is 0 Å². The number of aromatic hydroxyl groups is 1. The first-order chi connectivity index (χ1) is 16.5. The van der Waals surface area contributed by atoms with Gasteiger partial charge in [-0.05, 0) is 53.9 Å². The molecule has 4 rings (SSSR count). The lowest BCUT2D eigenvalue weighted by Gasteiger charge is -2.28. The monoisotopic (exact) mass is 515 g/mol. The predicted octanol–water partition coefficient (Wildman–Crippen LogP) is 3.83. The Morgan fingerprint density at radius 3 is 2.23 bits per heavy atom. The van der Waals surface area contributed by atoms with Crippen molar-refractivity contribution >= 4 is 53.8 Å². The van der Waals surface area contributed by atoms with E-state index in [-0.39, 0.29) is 18.1 Å². The van der Waals surface area contributed by atoms with E-state index in [1.807, 2.05) is 0 Å². The standard InChI is InChI=1S/C23H21N3O7S2/c24-18-6-1-2-7-19(18)25-14-26(16-11-12-17-15(13-16)5-3-9-21(17)27)20-8-4-10-22(34(28,29)30)23(20)35(31,32)33/h1-13,25,27H,14,24H2,(H,28,29,30)(H,31,32,33). The van der Waals surface area contributed by atoms with Crippen molar-refractivity contribution in [3.05, 3.63) is 78.9 Å². The van der Waals surface area contributed by atoms with E-state index in [0.717, 1.165) is 6.07 Å². The van der Waals surface area contributed by atoms with Crippen LogP contribution < -0.4 is 16.0 Å². The maximum Gasteiger partial charge on any atom is 0.298 e. The van der Waals surface area contributed by atoms with Crippen molar-refractivity contribution in [2.24, 2.45) is 0 Å². The molecule has 35 heavy (non-hydrogen) atoms. The van der Waals surface area contributed by atoms with Crippen LogP contribution in [0, 0.1) is 0 Å². The number of nitrogens with zero attached hydrogens (tertiary/aromatic N) is 1. The molecule has 0 saturated heterocycles. The van der Waals surface area contributed by atoms with Gasteiger partial charge in [0, 0.05) is 11.1 Å². The molecular formula is C23H21N3O7S2.